The quantitative estimate of drug-likeness (QED) is 0.297. The number of carbonyl (C=O) groups is 3. The van der Waals surface area contributed by atoms with Crippen LogP contribution in [0.2, 0.25) is 0 Å². The van der Waals surface area contributed by atoms with E-state index in [1.54, 1.807) is 6.07 Å². The highest BCUT2D eigenvalue weighted by molar-refractivity contribution is 5.96. The number of benzene rings is 2. The number of hydrogen-bond donors (Lipinski definition) is 2. The number of nitrogens with one attached hydrogen (secondary N) is 2. The minimum atomic E-state index is -0.926. The summed E-state index contributed by atoms with van der Waals surface area (Å²) in [6.07, 6.45) is 2.10. The fourth-order valence-electron chi connectivity index (χ4n) is 2.11. The van der Waals surface area contributed by atoms with Gasteiger partial charge in [0.1, 0.15) is 0 Å². The predicted molar refractivity (Wildman–Crippen MR) is 102 cm³/mol. The summed E-state index contributed by atoms with van der Waals surface area (Å²) >= 11 is 0. The van der Waals surface area contributed by atoms with Gasteiger partial charge < -0.3 is 4.74 Å². The Labute approximate surface area is 168 Å². The van der Waals surface area contributed by atoms with E-state index < -0.39 is 34.2 Å². The molecule has 30 heavy (non-hydrogen) atoms. The highest BCUT2D eigenvalue weighted by Gasteiger charge is 2.12. The molecule has 2 rings (SSSR count). The lowest BCUT2D eigenvalue weighted by Crippen LogP contribution is -2.43. The molecule has 0 bridgehead atoms. The van der Waals surface area contributed by atoms with Crippen LogP contribution < -0.4 is 10.9 Å². The second-order valence-electron chi connectivity index (χ2n) is 5.56. The van der Waals surface area contributed by atoms with Gasteiger partial charge in [-0.3, -0.25) is 40.7 Å². The van der Waals surface area contributed by atoms with Crippen molar-refractivity contribution in [3.63, 3.8) is 0 Å². The number of carbonyl (C=O) groups excluding carboxylic acids is 3. The lowest BCUT2D eigenvalue weighted by molar-refractivity contribution is -0.385. The minimum Gasteiger partial charge on any atom is -0.452 e. The van der Waals surface area contributed by atoms with Crippen LogP contribution >= 0.6 is 0 Å². The van der Waals surface area contributed by atoms with Gasteiger partial charge in [-0.1, -0.05) is 12.1 Å². The summed E-state index contributed by atoms with van der Waals surface area (Å²) < 4.78 is 4.67. The number of nitro groups is 2. The normalized spacial score (nSPS) is 10.3. The zero-order chi connectivity index (χ0) is 22.1. The molecule has 0 spiro atoms. The number of ether oxygens (including phenoxy) is 1. The number of hydrogen-bond acceptors (Lipinski definition) is 8. The van der Waals surface area contributed by atoms with Gasteiger partial charge in [-0.25, -0.2) is 4.79 Å². The number of rotatable bonds is 7. The van der Waals surface area contributed by atoms with Crippen LogP contribution in [0, 0.1) is 20.2 Å². The average molecular weight is 414 g/mol. The number of amides is 2. The topological polar surface area (TPSA) is 171 Å². The summed E-state index contributed by atoms with van der Waals surface area (Å²) in [5, 5.41) is 21.5. The molecule has 0 aliphatic rings. The summed E-state index contributed by atoms with van der Waals surface area (Å²) in [5.41, 5.74) is 3.91. The first kappa shape index (κ1) is 21.7. The van der Waals surface area contributed by atoms with E-state index in [-0.39, 0.29) is 22.5 Å². The molecule has 2 N–H and O–H groups in total. The van der Waals surface area contributed by atoms with E-state index in [4.69, 9.17) is 0 Å². The molecule has 0 aromatic heterocycles. The van der Waals surface area contributed by atoms with Crippen molar-refractivity contribution in [3.8, 4) is 0 Å². The highest BCUT2D eigenvalue weighted by atomic mass is 16.6. The SMILES string of the molecule is O=C(COC(=O)/C=C/c1ccccc1[N+](=O)[O-])NNC(=O)c1ccc([N+](=O)[O-])cc1. The molecule has 0 unspecified atom stereocenters. The molecule has 154 valence electrons. The molecule has 0 fully saturated rings. The van der Waals surface area contributed by atoms with Crippen LogP contribution in [-0.2, 0) is 14.3 Å². The summed E-state index contributed by atoms with van der Waals surface area (Å²) in [4.78, 5) is 55.4. The highest BCUT2D eigenvalue weighted by Crippen LogP contribution is 2.18. The van der Waals surface area contributed by atoms with E-state index in [1.165, 1.54) is 36.4 Å². The fourth-order valence-corrected chi connectivity index (χ4v) is 2.11. The molecule has 12 nitrogen and oxygen atoms in total. The van der Waals surface area contributed by atoms with Crippen molar-refractivity contribution in [1.82, 2.24) is 10.9 Å². The van der Waals surface area contributed by atoms with Crippen LogP contribution in [-0.4, -0.2) is 34.2 Å². The maximum Gasteiger partial charge on any atom is 0.331 e. The van der Waals surface area contributed by atoms with E-state index in [2.05, 4.69) is 10.2 Å². The predicted octanol–water partition coefficient (Wildman–Crippen LogP) is 1.52. The summed E-state index contributed by atoms with van der Waals surface area (Å²) in [7, 11) is 0. The van der Waals surface area contributed by atoms with Crippen LogP contribution in [0.4, 0.5) is 11.4 Å². The number of nitro benzene ring substituents is 2. The summed E-state index contributed by atoms with van der Waals surface area (Å²) in [6.45, 7) is -0.722. The van der Waals surface area contributed by atoms with E-state index in [9.17, 15) is 34.6 Å². The molecule has 0 aliphatic carbocycles. The number of nitrogens with zero attached hydrogens (tertiary/aromatic N) is 2. The third-order valence-electron chi connectivity index (χ3n) is 3.53. The molecular weight excluding hydrogens is 400 g/mol. The molecule has 2 aromatic rings. The van der Waals surface area contributed by atoms with Crippen molar-refractivity contribution < 1.29 is 29.0 Å². The lowest BCUT2D eigenvalue weighted by atomic mass is 10.1. The number of non-ortho nitro benzene ring substituents is 1. The van der Waals surface area contributed by atoms with E-state index in [0.29, 0.717) is 0 Å². The second-order valence-corrected chi connectivity index (χ2v) is 5.56. The van der Waals surface area contributed by atoms with E-state index in [0.717, 1.165) is 18.2 Å². The Morgan fingerprint density at radius 3 is 2.23 bits per heavy atom. The standard InChI is InChI=1S/C18H14N4O8/c23-16(19-20-18(25)13-5-8-14(9-6-13)21(26)27)11-30-17(24)10-7-12-3-1-2-4-15(12)22(28)29/h1-10H,11H2,(H,19,23)(H,20,25)/b10-7+. The van der Waals surface area contributed by atoms with Crippen molar-refractivity contribution in [3.05, 3.63) is 86.0 Å². The van der Waals surface area contributed by atoms with Crippen molar-refractivity contribution in [2.24, 2.45) is 0 Å². The fraction of sp³-hybridized carbons (Fsp3) is 0.0556. The molecule has 2 amide bonds. The van der Waals surface area contributed by atoms with E-state index >= 15 is 0 Å². The summed E-state index contributed by atoms with van der Waals surface area (Å²) in [6, 6.07) is 10.4. The largest absolute Gasteiger partial charge is 0.452 e. The van der Waals surface area contributed by atoms with Gasteiger partial charge in [0.2, 0.25) is 0 Å². The molecule has 0 atom stereocenters. The Hall–Kier alpha value is -4.61. The first-order chi connectivity index (χ1) is 14.3. The Morgan fingerprint density at radius 1 is 0.933 bits per heavy atom. The van der Waals surface area contributed by atoms with Crippen LogP contribution in [0.15, 0.2) is 54.6 Å². The third kappa shape index (κ3) is 6.23. The minimum absolute atomic E-state index is 0.0604. The molecule has 0 saturated carbocycles. The Bertz CT molecular complexity index is 1020. The molecule has 0 saturated heterocycles. The maximum atomic E-state index is 11.8. The van der Waals surface area contributed by atoms with Crippen LogP contribution in [0.3, 0.4) is 0 Å². The monoisotopic (exact) mass is 414 g/mol. The van der Waals surface area contributed by atoms with Gasteiger partial charge in [-0.15, -0.1) is 0 Å². The number of para-hydroxylation sites is 1. The smallest absolute Gasteiger partial charge is 0.331 e. The van der Waals surface area contributed by atoms with Crippen LogP contribution in [0.1, 0.15) is 15.9 Å². The average Bonchev–Trinajstić information content (AvgIpc) is 2.74. The number of hydrazine groups is 1. The van der Waals surface area contributed by atoms with Gasteiger partial charge in [-0.2, -0.15) is 0 Å². The molecule has 12 heteroatoms. The lowest BCUT2D eigenvalue weighted by Gasteiger charge is -2.07. The number of esters is 1. The van der Waals surface area contributed by atoms with E-state index in [1.807, 2.05) is 5.43 Å². The van der Waals surface area contributed by atoms with Crippen molar-refractivity contribution >= 4 is 35.2 Å². The molecule has 0 heterocycles. The molecule has 2 aromatic carbocycles. The van der Waals surface area contributed by atoms with Crippen molar-refractivity contribution in [2.45, 2.75) is 0 Å². The first-order valence-electron chi connectivity index (χ1n) is 8.20. The zero-order valence-corrected chi connectivity index (χ0v) is 15.1. The molecule has 0 aliphatic heterocycles. The third-order valence-corrected chi connectivity index (χ3v) is 3.53. The van der Waals surface area contributed by atoms with Gasteiger partial charge in [0.25, 0.3) is 23.2 Å². The Balaban J connectivity index is 1.80. The van der Waals surface area contributed by atoms with Crippen LogP contribution in [0.5, 0.6) is 0 Å². The second kappa shape index (κ2) is 10.1. The van der Waals surface area contributed by atoms with Gasteiger partial charge in [0, 0.05) is 29.8 Å². The molecule has 0 radical (unpaired) electrons. The Kier molecular flexibility index (Phi) is 7.28. The van der Waals surface area contributed by atoms with Gasteiger partial charge >= 0.3 is 5.97 Å². The van der Waals surface area contributed by atoms with Crippen molar-refractivity contribution in [2.75, 3.05) is 6.61 Å². The van der Waals surface area contributed by atoms with Gasteiger partial charge in [0.15, 0.2) is 6.61 Å². The maximum absolute atomic E-state index is 11.8. The van der Waals surface area contributed by atoms with Crippen LogP contribution in [0.25, 0.3) is 6.08 Å². The Morgan fingerprint density at radius 2 is 1.60 bits per heavy atom. The summed E-state index contributed by atoms with van der Waals surface area (Å²) in [5.74, 6) is -2.51. The first-order valence-corrected chi connectivity index (χ1v) is 8.20. The van der Waals surface area contributed by atoms with Crippen molar-refractivity contribution in [1.29, 1.82) is 0 Å². The van der Waals surface area contributed by atoms with Gasteiger partial charge in [-0.05, 0) is 24.3 Å². The zero-order valence-electron chi connectivity index (χ0n) is 15.1. The molecular formula is C18H14N4O8. The van der Waals surface area contributed by atoms with Gasteiger partial charge in [0.05, 0.1) is 15.4 Å².